The van der Waals surface area contributed by atoms with Crippen molar-refractivity contribution in [3.05, 3.63) is 23.8 Å². The minimum absolute atomic E-state index is 0.105. The highest BCUT2D eigenvalue weighted by molar-refractivity contribution is 5.54. The highest BCUT2D eigenvalue weighted by atomic mass is 19.1. The average molecular weight is 222 g/mol. The van der Waals surface area contributed by atoms with Crippen LogP contribution in [0.2, 0.25) is 0 Å². The summed E-state index contributed by atoms with van der Waals surface area (Å²) in [6, 6.07) is 6.89. The third-order valence-corrected chi connectivity index (χ3v) is 2.27. The molecule has 0 radical (unpaired) electrons. The molecule has 1 unspecified atom stereocenters. The predicted octanol–water partition coefficient (Wildman–Crippen LogP) is 2.48. The fourth-order valence-electron chi connectivity index (χ4n) is 1.37. The van der Waals surface area contributed by atoms with Crippen LogP contribution in [0.5, 0.6) is 5.75 Å². The molecule has 0 saturated carbocycles. The molecule has 0 saturated heterocycles. The maximum atomic E-state index is 12.3. The second-order valence-corrected chi connectivity index (χ2v) is 3.69. The molecule has 0 spiro atoms. The van der Waals surface area contributed by atoms with Crippen LogP contribution < -0.4 is 5.32 Å². The number of nitriles is 1. The van der Waals surface area contributed by atoms with Crippen molar-refractivity contribution in [3.63, 3.8) is 0 Å². The number of aromatic hydroxyl groups is 1. The number of nitrogens with one attached hydrogen (secondary N) is 1. The van der Waals surface area contributed by atoms with E-state index in [2.05, 4.69) is 11.4 Å². The largest absolute Gasteiger partial charge is 0.508 e. The molecular weight excluding hydrogens is 207 g/mol. The lowest BCUT2D eigenvalue weighted by molar-refractivity contribution is 0.471. The minimum Gasteiger partial charge on any atom is -0.508 e. The zero-order valence-electron chi connectivity index (χ0n) is 9.20. The van der Waals surface area contributed by atoms with E-state index in [1.54, 1.807) is 18.2 Å². The number of benzene rings is 1. The molecule has 0 bridgehead atoms. The van der Waals surface area contributed by atoms with Crippen LogP contribution in [0.25, 0.3) is 0 Å². The lowest BCUT2D eigenvalue weighted by Gasteiger charge is -2.12. The van der Waals surface area contributed by atoms with Crippen molar-refractivity contribution in [2.75, 3.05) is 18.5 Å². The van der Waals surface area contributed by atoms with Gasteiger partial charge in [-0.1, -0.05) is 0 Å². The van der Waals surface area contributed by atoms with Gasteiger partial charge in [0.25, 0.3) is 0 Å². The molecule has 2 N–H and O–H groups in total. The van der Waals surface area contributed by atoms with Crippen molar-refractivity contribution >= 4 is 5.69 Å². The summed E-state index contributed by atoms with van der Waals surface area (Å²) in [7, 11) is 0. The third-order valence-electron chi connectivity index (χ3n) is 2.27. The third kappa shape index (κ3) is 3.43. The summed E-state index contributed by atoms with van der Waals surface area (Å²) in [6.45, 7) is 1.86. The lowest BCUT2D eigenvalue weighted by Crippen LogP contribution is -2.11. The van der Waals surface area contributed by atoms with Gasteiger partial charge in [0.2, 0.25) is 0 Å². The Labute approximate surface area is 94.5 Å². The van der Waals surface area contributed by atoms with E-state index in [0.29, 0.717) is 6.54 Å². The van der Waals surface area contributed by atoms with Crippen LogP contribution in [0.1, 0.15) is 12.5 Å². The zero-order chi connectivity index (χ0) is 12.0. The SMILES string of the molecule is CC(C#N)CNc1ccc(O)cc1CCF. The highest BCUT2D eigenvalue weighted by Crippen LogP contribution is 2.22. The first-order chi connectivity index (χ1) is 7.67. The molecule has 3 nitrogen and oxygen atoms in total. The molecule has 0 amide bonds. The van der Waals surface area contributed by atoms with Crippen molar-refractivity contribution in [2.24, 2.45) is 5.92 Å². The Kier molecular flexibility index (Phi) is 4.59. The fourth-order valence-corrected chi connectivity index (χ4v) is 1.37. The van der Waals surface area contributed by atoms with Crippen molar-refractivity contribution in [2.45, 2.75) is 13.3 Å². The molecule has 1 rings (SSSR count). The number of aryl methyl sites for hydroxylation is 1. The molecule has 0 aliphatic heterocycles. The van der Waals surface area contributed by atoms with Gasteiger partial charge in [0.15, 0.2) is 0 Å². The number of anilines is 1. The summed E-state index contributed by atoms with van der Waals surface area (Å²) in [6.07, 6.45) is 0.262. The van der Waals surface area contributed by atoms with E-state index in [4.69, 9.17) is 5.26 Å². The number of hydrogen-bond donors (Lipinski definition) is 2. The van der Waals surface area contributed by atoms with Gasteiger partial charge >= 0.3 is 0 Å². The Morgan fingerprint density at radius 2 is 2.31 bits per heavy atom. The van der Waals surface area contributed by atoms with Crippen molar-refractivity contribution in [1.29, 1.82) is 5.26 Å². The van der Waals surface area contributed by atoms with E-state index in [0.717, 1.165) is 11.3 Å². The Morgan fingerprint density at radius 3 is 2.94 bits per heavy atom. The van der Waals surface area contributed by atoms with E-state index in [9.17, 15) is 9.50 Å². The van der Waals surface area contributed by atoms with Gasteiger partial charge in [-0.25, -0.2) is 0 Å². The maximum Gasteiger partial charge on any atom is 0.116 e. The molecule has 0 aromatic heterocycles. The van der Waals surface area contributed by atoms with E-state index in [-0.39, 0.29) is 18.1 Å². The molecule has 1 atom stereocenters. The molecule has 86 valence electrons. The number of phenols is 1. The Morgan fingerprint density at radius 1 is 1.56 bits per heavy atom. The molecule has 0 heterocycles. The maximum absolute atomic E-state index is 12.3. The summed E-state index contributed by atoms with van der Waals surface area (Å²) >= 11 is 0. The Balaban J connectivity index is 2.74. The van der Waals surface area contributed by atoms with Gasteiger partial charge in [0.1, 0.15) is 5.75 Å². The van der Waals surface area contributed by atoms with E-state index < -0.39 is 6.67 Å². The first kappa shape index (κ1) is 12.3. The highest BCUT2D eigenvalue weighted by Gasteiger charge is 2.05. The van der Waals surface area contributed by atoms with Crippen molar-refractivity contribution in [3.8, 4) is 11.8 Å². The average Bonchev–Trinajstić information content (AvgIpc) is 2.28. The Hall–Kier alpha value is -1.76. The molecule has 0 fully saturated rings. The lowest BCUT2D eigenvalue weighted by atomic mass is 10.1. The summed E-state index contributed by atoms with van der Waals surface area (Å²) in [5.41, 5.74) is 1.50. The first-order valence-corrected chi connectivity index (χ1v) is 5.18. The molecule has 4 heteroatoms. The first-order valence-electron chi connectivity index (χ1n) is 5.18. The molecule has 0 aliphatic rings. The number of halogens is 1. The molecule has 1 aromatic carbocycles. The van der Waals surface area contributed by atoms with E-state index in [1.807, 2.05) is 6.92 Å². The van der Waals surface area contributed by atoms with Gasteiger partial charge in [-0.2, -0.15) is 5.26 Å². The number of phenolic OH excluding ortho intramolecular Hbond substituents is 1. The predicted molar refractivity (Wildman–Crippen MR) is 61.1 cm³/mol. The van der Waals surface area contributed by atoms with Gasteiger partial charge in [-0.3, -0.25) is 4.39 Å². The zero-order valence-corrected chi connectivity index (χ0v) is 9.20. The Bertz CT molecular complexity index is 387. The van der Waals surface area contributed by atoms with E-state index >= 15 is 0 Å². The standard InChI is InChI=1S/C12H15FN2O/c1-9(7-14)8-15-12-3-2-11(16)6-10(12)4-5-13/h2-3,6,9,15-16H,4-5,8H2,1H3. The monoisotopic (exact) mass is 222 g/mol. The molecular formula is C12H15FN2O. The summed E-state index contributed by atoms with van der Waals surface area (Å²) < 4.78 is 12.3. The van der Waals surface area contributed by atoms with Gasteiger partial charge in [-0.05, 0) is 30.7 Å². The molecule has 1 aromatic rings. The molecule has 0 aliphatic carbocycles. The molecule has 16 heavy (non-hydrogen) atoms. The van der Waals surface area contributed by atoms with Crippen molar-refractivity contribution in [1.82, 2.24) is 0 Å². The summed E-state index contributed by atoms with van der Waals surface area (Å²) in [5, 5.41) is 21.0. The number of rotatable bonds is 5. The topological polar surface area (TPSA) is 56.0 Å². The van der Waals surface area contributed by atoms with Gasteiger partial charge < -0.3 is 10.4 Å². The minimum atomic E-state index is -0.466. The number of nitrogens with zero attached hydrogens (tertiary/aromatic N) is 1. The van der Waals surface area contributed by atoms with Gasteiger partial charge in [0.05, 0.1) is 18.7 Å². The van der Waals surface area contributed by atoms with Gasteiger partial charge in [0, 0.05) is 18.7 Å². The van der Waals surface area contributed by atoms with Crippen LogP contribution in [-0.4, -0.2) is 18.3 Å². The smallest absolute Gasteiger partial charge is 0.116 e. The van der Waals surface area contributed by atoms with Crippen molar-refractivity contribution < 1.29 is 9.50 Å². The van der Waals surface area contributed by atoms with Crippen LogP contribution in [0.3, 0.4) is 0 Å². The van der Waals surface area contributed by atoms with Crippen LogP contribution in [0.4, 0.5) is 10.1 Å². The summed E-state index contributed by atoms with van der Waals surface area (Å²) in [4.78, 5) is 0. The van der Waals surface area contributed by atoms with Gasteiger partial charge in [-0.15, -0.1) is 0 Å². The van der Waals surface area contributed by atoms with E-state index in [1.165, 1.54) is 0 Å². The quantitative estimate of drug-likeness (QED) is 0.752. The second kappa shape index (κ2) is 5.96. The fraction of sp³-hybridized carbons (Fsp3) is 0.417. The van der Waals surface area contributed by atoms with Crippen LogP contribution in [0.15, 0.2) is 18.2 Å². The van der Waals surface area contributed by atoms with Crippen LogP contribution in [-0.2, 0) is 6.42 Å². The van der Waals surface area contributed by atoms with Crippen LogP contribution >= 0.6 is 0 Å². The second-order valence-electron chi connectivity index (χ2n) is 3.69. The van der Waals surface area contributed by atoms with Crippen LogP contribution in [0, 0.1) is 17.2 Å². The summed E-state index contributed by atoms with van der Waals surface area (Å²) in [5.74, 6) is 0.0226. The number of hydrogen-bond acceptors (Lipinski definition) is 3. The normalized spacial score (nSPS) is 11.8. The number of alkyl halides is 1.